The molecule has 1 N–H and O–H groups in total. The molecule has 0 aliphatic carbocycles. The van der Waals surface area contributed by atoms with Crippen LogP contribution in [0.1, 0.15) is 18.5 Å². The summed E-state index contributed by atoms with van der Waals surface area (Å²) in [5.74, 6) is 2.29. The molecule has 1 unspecified atom stereocenters. The Morgan fingerprint density at radius 3 is 2.52 bits per heavy atom. The van der Waals surface area contributed by atoms with Gasteiger partial charge in [-0.3, -0.25) is 9.36 Å². The van der Waals surface area contributed by atoms with Crippen molar-refractivity contribution < 1.29 is 14.3 Å². The molecule has 0 saturated heterocycles. The quantitative estimate of drug-likeness (QED) is 0.407. The van der Waals surface area contributed by atoms with Crippen LogP contribution in [0.25, 0.3) is 17.1 Å². The van der Waals surface area contributed by atoms with Gasteiger partial charge in [-0.15, -0.1) is 10.2 Å². The molecule has 7 nitrogen and oxygen atoms in total. The van der Waals surface area contributed by atoms with Gasteiger partial charge in [-0.25, -0.2) is 0 Å². The lowest BCUT2D eigenvalue weighted by Crippen LogP contribution is -2.28. The van der Waals surface area contributed by atoms with Crippen LogP contribution in [-0.4, -0.2) is 33.2 Å². The first-order valence-electron chi connectivity index (χ1n) is 10.6. The van der Waals surface area contributed by atoms with Crippen molar-refractivity contribution in [1.29, 1.82) is 0 Å². The highest BCUT2D eigenvalue weighted by Gasteiger charge is 2.19. The van der Waals surface area contributed by atoms with Crippen molar-refractivity contribution in [1.82, 2.24) is 20.1 Å². The molecule has 0 spiro atoms. The minimum Gasteiger partial charge on any atom is -0.454 e. The van der Waals surface area contributed by atoms with Crippen molar-refractivity contribution in [3.63, 3.8) is 0 Å². The molecule has 8 heteroatoms. The second-order valence-electron chi connectivity index (χ2n) is 7.53. The Balaban J connectivity index is 1.31. The Bertz CT molecular complexity index is 1260. The van der Waals surface area contributed by atoms with Crippen LogP contribution < -0.4 is 14.8 Å². The minimum atomic E-state index is -0.167. The van der Waals surface area contributed by atoms with Crippen LogP contribution in [0.5, 0.6) is 11.5 Å². The van der Waals surface area contributed by atoms with Gasteiger partial charge in [0.05, 0.1) is 11.8 Å². The predicted molar refractivity (Wildman–Crippen MR) is 127 cm³/mol. The molecular formula is C25H22N4O3S. The molecule has 33 heavy (non-hydrogen) atoms. The number of rotatable bonds is 7. The number of amides is 1. The number of thioether (sulfide) groups is 1. The second-order valence-corrected chi connectivity index (χ2v) is 8.48. The fourth-order valence-electron chi connectivity index (χ4n) is 3.63. The zero-order valence-corrected chi connectivity index (χ0v) is 18.8. The molecule has 1 aliphatic rings. The largest absolute Gasteiger partial charge is 0.454 e. The highest BCUT2D eigenvalue weighted by molar-refractivity contribution is 7.99. The van der Waals surface area contributed by atoms with Crippen molar-refractivity contribution in [3.8, 4) is 28.6 Å². The number of nitrogens with one attached hydrogen (secondary N) is 1. The maximum Gasteiger partial charge on any atom is 0.231 e. The Morgan fingerprint density at radius 1 is 1.00 bits per heavy atom. The highest BCUT2D eigenvalue weighted by Crippen LogP contribution is 2.34. The summed E-state index contributed by atoms with van der Waals surface area (Å²) < 4.78 is 12.8. The smallest absolute Gasteiger partial charge is 0.231 e. The molecule has 1 aromatic heterocycles. The van der Waals surface area contributed by atoms with Crippen molar-refractivity contribution in [2.45, 2.75) is 18.1 Å². The normalized spacial score (nSPS) is 13.0. The van der Waals surface area contributed by atoms with Gasteiger partial charge in [-0.05, 0) is 36.8 Å². The number of benzene rings is 3. The fraction of sp³-hybridized carbons (Fsp3) is 0.160. The molecule has 0 bridgehead atoms. The minimum absolute atomic E-state index is 0.0889. The van der Waals surface area contributed by atoms with E-state index in [4.69, 9.17) is 9.47 Å². The van der Waals surface area contributed by atoms with Crippen LogP contribution in [0.2, 0.25) is 0 Å². The number of nitrogens with zero attached hydrogens (tertiary/aromatic N) is 3. The van der Waals surface area contributed by atoms with E-state index in [2.05, 4.69) is 15.5 Å². The van der Waals surface area contributed by atoms with Crippen LogP contribution in [-0.2, 0) is 4.79 Å². The summed E-state index contributed by atoms with van der Waals surface area (Å²) in [5, 5.41) is 12.5. The molecule has 166 valence electrons. The molecule has 4 aromatic rings. The van der Waals surface area contributed by atoms with E-state index in [1.54, 1.807) is 0 Å². The first kappa shape index (κ1) is 21.1. The topological polar surface area (TPSA) is 78.3 Å². The van der Waals surface area contributed by atoms with Gasteiger partial charge in [0.25, 0.3) is 0 Å². The van der Waals surface area contributed by atoms with Gasteiger partial charge in [-0.2, -0.15) is 0 Å². The lowest BCUT2D eigenvalue weighted by atomic mass is 10.1. The molecule has 2 heterocycles. The summed E-state index contributed by atoms with van der Waals surface area (Å²) in [4.78, 5) is 12.7. The lowest BCUT2D eigenvalue weighted by molar-refractivity contribution is -0.119. The third-order valence-corrected chi connectivity index (χ3v) is 6.22. The number of carbonyl (C=O) groups excluding carboxylic acids is 1. The van der Waals surface area contributed by atoms with E-state index in [1.165, 1.54) is 11.8 Å². The van der Waals surface area contributed by atoms with Crippen LogP contribution in [0.15, 0.2) is 84.0 Å². The molecule has 1 amide bonds. The van der Waals surface area contributed by atoms with E-state index in [-0.39, 0.29) is 24.5 Å². The van der Waals surface area contributed by atoms with E-state index in [0.717, 1.165) is 28.4 Å². The second kappa shape index (κ2) is 9.38. The molecule has 1 atom stereocenters. The summed E-state index contributed by atoms with van der Waals surface area (Å²) in [5.41, 5.74) is 2.86. The standard InChI is InChI=1S/C25H22N4O3S/c1-17(19-12-13-21-22(14-19)32-16-31-21)26-23(30)15-33-25-28-27-24(18-8-4-2-5-9-18)29(25)20-10-6-3-7-11-20/h2-14,17H,15-16H2,1H3,(H,26,30). The van der Waals surface area contributed by atoms with Gasteiger partial charge in [0, 0.05) is 11.3 Å². The third-order valence-electron chi connectivity index (χ3n) is 5.29. The first-order valence-corrected chi connectivity index (χ1v) is 11.6. The van der Waals surface area contributed by atoms with Crippen molar-refractivity contribution >= 4 is 17.7 Å². The molecule has 3 aromatic carbocycles. The van der Waals surface area contributed by atoms with Gasteiger partial charge < -0.3 is 14.8 Å². The summed E-state index contributed by atoms with van der Waals surface area (Å²) in [6.45, 7) is 2.17. The van der Waals surface area contributed by atoms with Gasteiger partial charge >= 0.3 is 0 Å². The van der Waals surface area contributed by atoms with E-state index in [9.17, 15) is 4.79 Å². The average molecular weight is 459 g/mol. The van der Waals surface area contributed by atoms with Crippen LogP contribution in [0.4, 0.5) is 0 Å². The fourth-order valence-corrected chi connectivity index (χ4v) is 4.39. The number of hydrogen-bond donors (Lipinski definition) is 1. The molecule has 5 rings (SSSR count). The van der Waals surface area contributed by atoms with Gasteiger partial charge in [0.2, 0.25) is 12.7 Å². The maximum atomic E-state index is 12.7. The molecule has 0 radical (unpaired) electrons. The maximum absolute atomic E-state index is 12.7. The first-order chi connectivity index (χ1) is 16.2. The van der Waals surface area contributed by atoms with Crippen molar-refractivity contribution in [2.75, 3.05) is 12.5 Å². The van der Waals surface area contributed by atoms with Gasteiger partial charge in [0.1, 0.15) is 0 Å². The number of fused-ring (bicyclic) bond motifs is 1. The molecule has 0 fully saturated rings. The van der Waals surface area contributed by atoms with E-state index in [0.29, 0.717) is 10.9 Å². The number of aromatic nitrogens is 3. The Hall–Kier alpha value is -3.78. The van der Waals surface area contributed by atoms with Crippen molar-refractivity contribution in [2.24, 2.45) is 0 Å². The summed E-state index contributed by atoms with van der Waals surface area (Å²) in [7, 11) is 0. The summed E-state index contributed by atoms with van der Waals surface area (Å²) >= 11 is 1.36. The highest BCUT2D eigenvalue weighted by atomic mass is 32.2. The number of ether oxygens (including phenoxy) is 2. The summed E-state index contributed by atoms with van der Waals surface area (Å²) in [6, 6.07) is 25.3. The molecular weight excluding hydrogens is 436 g/mol. The van der Waals surface area contributed by atoms with Gasteiger partial charge in [-0.1, -0.05) is 66.4 Å². The summed E-state index contributed by atoms with van der Waals surface area (Å²) in [6.07, 6.45) is 0. The van der Waals surface area contributed by atoms with Gasteiger partial charge in [0.15, 0.2) is 22.5 Å². The van der Waals surface area contributed by atoms with E-state index < -0.39 is 0 Å². The Labute approximate surface area is 195 Å². The molecule has 1 aliphatic heterocycles. The van der Waals surface area contributed by atoms with Crippen LogP contribution in [0.3, 0.4) is 0 Å². The zero-order valence-electron chi connectivity index (χ0n) is 18.0. The van der Waals surface area contributed by atoms with Crippen LogP contribution >= 0.6 is 11.8 Å². The van der Waals surface area contributed by atoms with E-state index >= 15 is 0 Å². The predicted octanol–water partition coefficient (Wildman–Crippen LogP) is 4.63. The molecule has 0 saturated carbocycles. The lowest BCUT2D eigenvalue weighted by Gasteiger charge is -2.15. The van der Waals surface area contributed by atoms with E-state index in [1.807, 2.05) is 90.4 Å². The number of hydrogen-bond acceptors (Lipinski definition) is 6. The van der Waals surface area contributed by atoms with Crippen LogP contribution in [0, 0.1) is 0 Å². The Morgan fingerprint density at radius 2 is 1.73 bits per heavy atom. The average Bonchev–Trinajstić information content (AvgIpc) is 3.50. The number of carbonyl (C=O) groups is 1. The zero-order chi connectivity index (χ0) is 22.6. The Kier molecular flexibility index (Phi) is 5.99. The van der Waals surface area contributed by atoms with Crippen molar-refractivity contribution in [3.05, 3.63) is 84.4 Å². The monoisotopic (exact) mass is 458 g/mol. The third kappa shape index (κ3) is 4.56. The number of para-hydroxylation sites is 1. The SMILES string of the molecule is CC(NC(=O)CSc1nnc(-c2ccccc2)n1-c1ccccc1)c1ccc2c(c1)OCO2.